The molecule has 0 saturated heterocycles. The van der Waals surface area contributed by atoms with Crippen molar-refractivity contribution in [2.24, 2.45) is 0 Å². The van der Waals surface area contributed by atoms with E-state index in [9.17, 15) is 5.11 Å². The van der Waals surface area contributed by atoms with Crippen molar-refractivity contribution in [3.8, 4) is 0 Å². The predicted molar refractivity (Wildman–Crippen MR) is 72.5 cm³/mol. The lowest BCUT2D eigenvalue weighted by Crippen LogP contribution is -1.99. The van der Waals surface area contributed by atoms with Crippen molar-refractivity contribution >= 4 is 45.5 Å². The minimum Gasteiger partial charge on any atom is -0.383 e. The lowest BCUT2D eigenvalue weighted by molar-refractivity contribution is 0.223. The van der Waals surface area contributed by atoms with Crippen LogP contribution in [0.4, 0.5) is 0 Å². The molecule has 1 heterocycles. The van der Waals surface area contributed by atoms with E-state index in [0.29, 0.717) is 5.02 Å². The molecule has 1 nitrogen and oxygen atoms in total. The van der Waals surface area contributed by atoms with Crippen LogP contribution >= 0.6 is 45.5 Å². The van der Waals surface area contributed by atoms with Gasteiger partial charge in [0.2, 0.25) is 0 Å². The van der Waals surface area contributed by atoms with E-state index in [2.05, 4.69) is 22.6 Å². The molecule has 4 heteroatoms. The fraction of sp³-hybridized carbons (Fsp3) is 0.0909. The molecule has 0 radical (unpaired) electrons. The zero-order chi connectivity index (χ0) is 10.8. The lowest BCUT2D eigenvalue weighted by atomic mass is 10.1. The van der Waals surface area contributed by atoms with E-state index in [4.69, 9.17) is 11.6 Å². The maximum Gasteiger partial charge on any atom is 0.116 e. The molecule has 0 aliphatic carbocycles. The number of rotatable bonds is 2. The summed E-state index contributed by atoms with van der Waals surface area (Å²) in [7, 11) is 0. The van der Waals surface area contributed by atoms with Crippen LogP contribution in [0.3, 0.4) is 0 Å². The van der Waals surface area contributed by atoms with Gasteiger partial charge in [-0.2, -0.15) is 0 Å². The number of aliphatic hydroxyl groups excluding tert-OH is 1. The van der Waals surface area contributed by atoms with E-state index in [1.54, 1.807) is 6.07 Å². The Morgan fingerprint density at radius 3 is 2.60 bits per heavy atom. The number of benzene rings is 1. The summed E-state index contributed by atoms with van der Waals surface area (Å²) in [6, 6.07) is 9.57. The van der Waals surface area contributed by atoms with E-state index >= 15 is 0 Å². The smallest absolute Gasteiger partial charge is 0.116 e. The molecule has 1 N–H and O–H groups in total. The molecule has 15 heavy (non-hydrogen) atoms. The SMILES string of the molecule is OC(c1ccccc1I)c1sccc1Cl. The first-order valence-corrected chi connectivity index (χ1v) is 6.69. The molecule has 0 bridgehead atoms. The topological polar surface area (TPSA) is 20.2 Å². The van der Waals surface area contributed by atoms with Gasteiger partial charge in [-0.25, -0.2) is 0 Å². The van der Waals surface area contributed by atoms with Gasteiger partial charge in [-0.05, 0) is 45.7 Å². The van der Waals surface area contributed by atoms with Crippen LogP contribution in [0.5, 0.6) is 0 Å². The zero-order valence-corrected chi connectivity index (χ0v) is 11.4. The van der Waals surface area contributed by atoms with Crippen molar-refractivity contribution < 1.29 is 5.11 Å². The van der Waals surface area contributed by atoms with Crippen LogP contribution in [0, 0.1) is 3.57 Å². The molecule has 0 aliphatic heterocycles. The van der Waals surface area contributed by atoms with Crippen LogP contribution in [-0.2, 0) is 0 Å². The van der Waals surface area contributed by atoms with E-state index < -0.39 is 6.10 Å². The second kappa shape index (κ2) is 4.82. The summed E-state index contributed by atoms with van der Waals surface area (Å²) in [6.07, 6.45) is -0.620. The first-order chi connectivity index (χ1) is 7.20. The molecule has 0 spiro atoms. The average molecular weight is 351 g/mol. The molecule has 1 aromatic carbocycles. The van der Waals surface area contributed by atoms with Crippen LogP contribution in [0.15, 0.2) is 35.7 Å². The molecular formula is C11H8ClIOS. The number of hydrogen-bond acceptors (Lipinski definition) is 2. The van der Waals surface area contributed by atoms with E-state index in [-0.39, 0.29) is 0 Å². The molecule has 0 fully saturated rings. The van der Waals surface area contributed by atoms with Gasteiger partial charge in [-0.1, -0.05) is 29.8 Å². The molecule has 2 aromatic rings. The Hall–Kier alpha value is -0.100. The van der Waals surface area contributed by atoms with E-state index in [0.717, 1.165) is 14.0 Å². The van der Waals surface area contributed by atoms with E-state index in [1.807, 2.05) is 29.6 Å². The summed E-state index contributed by atoms with van der Waals surface area (Å²) in [6.45, 7) is 0. The number of thiophene rings is 1. The first kappa shape index (κ1) is 11.4. The largest absolute Gasteiger partial charge is 0.383 e. The van der Waals surface area contributed by atoms with Gasteiger partial charge in [0.1, 0.15) is 6.10 Å². The van der Waals surface area contributed by atoms with Crippen LogP contribution < -0.4 is 0 Å². The van der Waals surface area contributed by atoms with Gasteiger partial charge in [0.15, 0.2) is 0 Å². The van der Waals surface area contributed by atoms with Gasteiger partial charge in [-0.15, -0.1) is 11.3 Å². The number of halogens is 2. The van der Waals surface area contributed by atoms with Crippen molar-refractivity contribution in [2.45, 2.75) is 6.10 Å². The number of aliphatic hydroxyl groups is 1. The van der Waals surface area contributed by atoms with Crippen LogP contribution in [0.2, 0.25) is 5.02 Å². The molecule has 0 saturated carbocycles. The van der Waals surface area contributed by atoms with Gasteiger partial charge >= 0.3 is 0 Å². The Bertz CT molecular complexity index is 469. The summed E-state index contributed by atoms with van der Waals surface area (Å²) < 4.78 is 1.05. The Balaban J connectivity index is 2.41. The normalized spacial score (nSPS) is 12.7. The monoisotopic (exact) mass is 350 g/mol. The standard InChI is InChI=1S/C11H8ClIOS/c12-8-5-6-15-11(8)10(14)7-3-1-2-4-9(7)13/h1-6,10,14H. The highest BCUT2D eigenvalue weighted by molar-refractivity contribution is 14.1. The van der Waals surface area contributed by atoms with Crippen molar-refractivity contribution in [3.63, 3.8) is 0 Å². The molecule has 0 amide bonds. The molecule has 0 aliphatic rings. The maximum absolute atomic E-state index is 10.2. The summed E-state index contributed by atoms with van der Waals surface area (Å²) in [5.74, 6) is 0. The third-order valence-corrected chi connectivity index (χ3v) is 4.49. The Kier molecular flexibility index (Phi) is 3.66. The van der Waals surface area contributed by atoms with Gasteiger partial charge in [-0.3, -0.25) is 0 Å². The van der Waals surface area contributed by atoms with Gasteiger partial charge in [0.05, 0.1) is 9.90 Å². The molecule has 1 aromatic heterocycles. The third-order valence-electron chi connectivity index (χ3n) is 2.09. The van der Waals surface area contributed by atoms with Gasteiger partial charge in [0.25, 0.3) is 0 Å². The second-order valence-electron chi connectivity index (χ2n) is 3.06. The summed E-state index contributed by atoms with van der Waals surface area (Å²) in [5, 5.41) is 12.7. The first-order valence-electron chi connectivity index (χ1n) is 4.35. The van der Waals surface area contributed by atoms with Crippen molar-refractivity contribution in [1.29, 1.82) is 0 Å². The van der Waals surface area contributed by atoms with Crippen molar-refractivity contribution in [3.05, 3.63) is 54.7 Å². The van der Waals surface area contributed by atoms with Gasteiger partial charge < -0.3 is 5.11 Å². The Labute approximate surface area is 111 Å². The fourth-order valence-corrected chi connectivity index (χ4v) is 3.18. The van der Waals surface area contributed by atoms with Crippen LogP contribution in [-0.4, -0.2) is 5.11 Å². The van der Waals surface area contributed by atoms with E-state index in [1.165, 1.54) is 11.3 Å². The summed E-state index contributed by atoms with van der Waals surface area (Å²) in [4.78, 5) is 0.806. The minimum atomic E-state index is -0.620. The van der Waals surface area contributed by atoms with Crippen LogP contribution in [0.1, 0.15) is 16.5 Å². The zero-order valence-electron chi connectivity index (χ0n) is 7.65. The average Bonchev–Trinajstić information content (AvgIpc) is 2.64. The maximum atomic E-state index is 10.2. The highest BCUT2D eigenvalue weighted by Crippen LogP contribution is 2.34. The highest BCUT2D eigenvalue weighted by Gasteiger charge is 2.17. The fourth-order valence-electron chi connectivity index (χ4n) is 1.34. The summed E-state index contributed by atoms with van der Waals surface area (Å²) >= 11 is 9.67. The molecule has 1 atom stereocenters. The lowest BCUT2D eigenvalue weighted by Gasteiger charge is -2.11. The predicted octanol–water partition coefficient (Wildman–Crippen LogP) is 4.09. The third kappa shape index (κ3) is 2.36. The Morgan fingerprint density at radius 2 is 2.00 bits per heavy atom. The minimum absolute atomic E-state index is 0.620. The quantitative estimate of drug-likeness (QED) is 0.809. The van der Waals surface area contributed by atoms with Crippen molar-refractivity contribution in [2.75, 3.05) is 0 Å². The highest BCUT2D eigenvalue weighted by atomic mass is 127. The second-order valence-corrected chi connectivity index (χ2v) is 5.57. The Morgan fingerprint density at radius 1 is 1.27 bits per heavy atom. The van der Waals surface area contributed by atoms with Crippen LogP contribution in [0.25, 0.3) is 0 Å². The molecular weight excluding hydrogens is 343 g/mol. The number of hydrogen-bond donors (Lipinski definition) is 1. The van der Waals surface area contributed by atoms with Crippen molar-refractivity contribution in [1.82, 2.24) is 0 Å². The molecule has 2 rings (SSSR count). The van der Waals surface area contributed by atoms with Gasteiger partial charge in [0, 0.05) is 3.57 Å². The molecule has 1 unspecified atom stereocenters. The molecule has 78 valence electrons. The summed E-state index contributed by atoms with van der Waals surface area (Å²) in [5.41, 5.74) is 0.905.